The van der Waals surface area contributed by atoms with Crippen molar-refractivity contribution < 1.29 is 42.6 Å². The van der Waals surface area contributed by atoms with Crippen LogP contribution in [0.1, 0.15) is 16.1 Å². The third-order valence-electron chi connectivity index (χ3n) is 2.89. The second-order valence-corrected chi connectivity index (χ2v) is 6.72. The monoisotopic (exact) mass is 465 g/mol. The number of anilines is 1. The minimum atomic E-state index is -1.00. The first-order valence-corrected chi connectivity index (χ1v) is 8.49. The molecule has 24 heavy (non-hydrogen) atoms. The van der Waals surface area contributed by atoms with Crippen molar-refractivity contribution >= 4 is 42.5 Å². The van der Waals surface area contributed by atoms with Gasteiger partial charge in [0.25, 0.3) is 0 Å². The number of nitrogens with two attached hydrogens (primary N) is 1. The molecule has 0 aliphatic heterocycles. The average Bonchev–Trinajstić information content (AvgIpc) is 2.53. The van der Waals surface area contributed by atoms with Gasteiger partial charge < -0.3 is 0 Å². The number of H-pyrrole nitrogens is 1. The van der Waals surface area contributed by atoms with Gasteiger partial charge in [0, 0.05) is 32.7 Å². The maximum absolute atomic E-state index is 11.8. The van der Waals surface area contributed by atoms with Crippen molar-refractivity contribution in [1.29, 1.82) is 0 Å². The van der Waals surface area contributed by atoms with Gasteiger partial charge in [-0.05, 0) is 0 Å². The molecule has 2 heterocycles. The van der Waals surface area contributed by atoms with Crippen molar-refractivity contribution in [2.24, 2.45) is 0 Å². The number of aromatic carboxylic acids is 1. The minimum Gasteiger partial charge on any atom is 0 e. The van der Waals surface area contributed by atoms with E-state index in [1.54, 1.807) is 18.3 Å². The first-order chi connectivity index (χ1) is 11.0. The fraction of sp³-hybridized carbons (Fsp3) is 0.0714. The molecule has 0 spiro atoms. The van der Waals surface area contributed by atoms with Crippen LogP contribution in [0.25, 0.3) is 11.2 Å². The van der Waals surface area contributed by atoms with Gasteiger partial charge >= 0.3 is 135 Å². The van der Waals surface area contributed by atoms with Crippen LogP contribution in [0, 0.1) is 6.07 Å². The zero-order chi connectivity index (χ0) is 16.4. The molecule has 0 saturated heterocycles. The fourth-order valence-electron chi connectivity index (χ4n) is 1.83. The van der Waals surface area contributed by atoms with Crippen LogP contribution in [0.15, 0.2) is 29.2 Å². The van der Waals surface area contributed by atoms with Gasteiger partial charge in [0.1, 0.15) is 0 Å². The van der Waals surface area contributed by atoms with E-state index >= 15 is 0 Å². The van der Waals surface area contributed by atoms with Crippen LogP contribution in [0.2, 0.25) is 0 Å². The Kier molecular flexibility index (Phi) is 6.17. The van der Waals surface area contributed by atoms with Crippen LogP contribution in [-0.4, -0.2) is 46.0 Å². The molecule has 3 rings (SSSR count). The van der Waals surface area contributed by atoms with E-state index in [-0.39, 0.29) is 70.3 Å². The van der Waals surface area contributed by atoms with Crippen molar-refractivity contribution in [3.63, 3.8) is 0 Å². The summed E-state index contributed by atoms with van der Waals surface area (Å²) in [6.45, 7) is 0. The van der Waals surface area contributed by atoms with E-state index in [0.29, 0.717) is 11.0 Å². The zero-order valence-corrected chi connectivity index (χ0v) is 16.7. The number of aromatic amines is 1. The second kappa shape index (κ2) is 7.94. The Bertz CT molecular complexity index is 945. The summed E-state index contributed by atoms with van der Waals surface area (Å²) in [4.78, 5) is 37.2. The Morgan fingerprint density at radius 1 is 1.38 bits per heavy atom. The SMILES string of the molecule is Nc1nc2ncc(C[Se]c3c[c-]c(C(=O)O)cc3)nc2c(=O)[nH]1.[Y]. The van der Waals surface area contributed by atoms with Gasteiger partial charge in [0.15, 0.2) is 0 Å². The van der Waals surface area contributed by atoms with E-state index < -0.39 is 11.5 Å². The summed E-state index contributed by atoms with van der Waals surface area (Å²) in [6.07, 6.45) is 1.56. The first-order valence-electron chi connectivity index (χ1n) is 6.42. The molecular formula is C14H10N5O3SeY-. The molecular weight excluding hydrogens is 454 g/mol. The quantitative estimate of drug-likeness (QED) is 0.344. The number of carboxylic acid groups (broad SMARTS) is 1. The Hall–Kier alpha value is -1.67. The molecule has 0 amide bonds. The number of carboxylic acids is 1. The standard InChI is InChI=1S/C14H10N5O3Se.Y/c15-14-18-11-10(12(20)19-14)17-8(5-16-11)6-23-9-3-1-7(2-4-9)13(21)22;/h1,3-5H,6H2,(H,21,22)(H3,15,16,18,19,20);/q-1;. The predicted octanol–water partition coefficient (Wildman–Crippen LogP) is -0.679. The number of benzene rings is 1. The van der Waals surface area contributed by atoms with Crippen molar-refractivity contribution in [2.75, 3.05) is 5.73 Å². The topological polar surface area (TPSA) is 135 Å². The van der Waals surface area contributed by atoms with E-state index in [9.17, 15) is 9.59 Å². The normalized spacial score (nSPS) is 10.3. The molecule has 0 saturated carbocycles. The number of nitrogens with zero attached hydrogens (tertiary/aromatic N) is 3. The molecule has 1 radical (unpaired) electrons. The summed E-state index contributed by atoms with van der Waals surface area (Å²) in [5.74, 6) is -1.00. The van der Waals surface area contributed by atoms with Gasteiger partial charge in [-0.15, -0.1) is 0 Å². The summed E-state index contributed by atoms with van der Waals surface area (Å²) in [6, 6.07) is 7.65. The molecule has 0 aliphatic carbocycles. The van der Waals surface area contributed by atoms with Crippen molar-refractivity contribution in [2.45, 2.75) is 5.32 Å². The Morgan fingerprint density at radius 3 is 2.83 bits per heavy atom. The van der Waals surface area contributed by atoms with Gasteiger partial charge in [0.2, 0.25) is 0 Å². The molecule has 10 heteroatoms. The summed E-state index contributed by atoms with van der Waals surface area (Å²) in [5.41, 5.74) is 6.19. The van der Waals surface area contributed by atoms with Gasteiger partial charge in [-0.2, -0.15) is 0 Å². The number of carbonyl (C=O) groups is 1. The number of nitrogen functional groups attached to an aromatic ring is 1. The van der Waals surface area contributed by atoms with E-state index in [0.717, 1.165) is 4.46 Å². The maximum Gasteiger partial charge on any atom is 0 e. The Morgan fingerprint density at radius 2 is 2.17 bits per heavy atom. The molecule has 0 bridgehead atoms. The van der Waals surface area contributed by atoms with E-state index in [4.69, 9.17) is 10.8 Å². The number of nitrogens with one attached hydrogen (secondary N) is 1. The van der Waals surface area contributed by atoms with Crippen LogP contribution in [0.3, 0.4) is 0 Å². The van der Waals surface area contributed by atoms with E-state index in [1.165, 1.54) is 6.07 Å². The van der Waals surface area contributed by atoms with Gasteiger partial charge in [-0.25, -0.2) is 0 Å². The molecule has 0 unspecified atom stereocenters. The number of hydrogen-bond acceptors (Lipinski definition) is 6. The van der Waals surface area contributed by atoms with Crippen molar-refractivity contribution in [1.82, 2.24) is 19.9 Å². The number of hydrogen-bond donors (Lipinski definition) is 3. The van der Waals surface area contributed by atoms with Crippen LogP contribution in [0.4, 0.5) is 5.95 Å². The first kappa shape index (κ1) is 18.7. The summed E-state index contributed by atoms with van der Waals surface area (Å²) in [7, 11) is 0. The summed E-state index contributed by atoms with van der Waals surface area (Å²) < 4.78 is 0.980. The van der Waals surface area contributed by atoms with Crippen LogP contribution >= 0.6 is 0 Å². The minimum absolute atomic E-state index is 0. The summed E-state index contributed by atoms with van der Waals surface area (Å²) in [5, 5.41) is 9.45. The van der Waals surface area contributed by atoms with E-state index in [2.05, 4.69) is 26.0 Å². The zero-order valence-electron chi connectivity index (χ0n) is 12.2. The number of fused-ring (bicyclic) bond motifs is 1. The van der Waals surface area contributed by atoms with Crippen LogP contribution < -0.4 is 15.8 Å². The maximum atomic E-state index is 11.8. The van der Waals surface area contributed by atoms with E-state index in [1.807, 2.05) is 0 Å². The Balaban J connectivity index is 0.00000208. The smallest absolute Gasteiger partial charge is 0 e. The molecule has 0 aliphatic rings. The third-order valence-corrected chi connectivity index (χ3v) is 5.04. The van der Waals surface area contributed by atoms with Gasteiger partial charge in [-0.1, -0.05) is 0 Å². The summed E-state index contributed by atoms with van der Waals surface area (Å²) >= 11 is 0.0177. The molecule has 3 aromatic rings. The molecule has 119 valence electrons. The Labute approximate surface area is 167 Å². The predicted molar refractivity (Wildman–Crippen MR) is 83.7 cm³/mol. The molecule has 2 aromatic heterocycles. The molecule has 1 aromatic carbocycles. The molecule has 4 N–H and O–H groups in total. The van der Waals surface area contributed by atoms with Crippen molar-refractivity contribution in [3.05, 3.63) is 52.1 Å². The second-order valence-electron chi connectivity index (χ2n) is 4.52. The molecule has 8 nitrogen and oxygen atoms in total. The third kappa shape index (κ3) is 4.24. The number of aromatic nitrogens is 4. The molecule has 0 atom stereocenters. The molecule has 0 fully saturated rings. The van der Waals surface area contributed by atoms with Crippen molar-refractivity contribution in [3.8, 4) is 0 Å². The van der Waals surface area contributed by atoms with Gasteiger partial charge in [0.05, 0.1) is 0 Å². The van der Waals surface area contributed by atoms with Gasteiger partial charge in [-0.3, -0.25) is 0 Å². The number of rotatable bonds is 4. The fourth-order valence-corrected chi connectivity index (χ4v) is 3.43. The average molecular weight is 464 g/mol. The van der Waals surface area contributed by atoms with Crippen LogP contribution in [0.5, 0.6) is 0 Å². The van der Waals surface area contributed by atoms with Crippen LogP contribution in [-0.2, 0) is 38.0 Å². The largest absolute Gasteiger partial charge is 0 e.